The molecule has 1 aromatic carbocycles. The van der Waals surface area contributed by atoms with Crippen LogP contribution >= 0.6 is 0 Å². The second-order valence-corrected chi connectivity index (χ2v) is 5.20. The van der Waals surface area contributed by atoms with Crippen LogP contribution in [0.2, 0.25) is 0 Å². The van der Waals surface area contributed by atoms with E-state index in [4.69, 9.17) is 5.84 Å². The first kappa shape index (κ1) is 14.5. The maximum Gasteiger partial charge on any atom is 0.162 e. The number of hydrazine groups is 1. The normalized spacial score (nSPS) is 10.9. The summed E-state index contributed by atoms with van der Waals surface area (Å²) in [6.07, 6.45) is 0.954. The van der Waals surface area contributed by atoms with Crippen LogP contribution in [0.3, 0.4) is 0 Å². The van der Waals surface area contributed by atoms with Crippen LogP contribution in [0.5, 0.6) is 0 Å². The van der Waals surface area contributed by atoms with E-state index in [0.717, 1.165) is 29.1 Å². The lowest BCUT2D eigenvalue weighted by atomic mass is 10.0. The lowest BCUT2D eigenvalue weighted by Crippen LogP contribution is -2.15. The van der Waals surface area contributed by atoms with E-state index in [1.54, 1.807) is 0 Å². The highest BCUT2D eigenvalue weighted by molar-refractivity contribution is 5.63. The number of benzene rings is 1. The number of aryl methyl sites for hydroxylation is 2. The number of nitrogen functional groups attached to an aromatic ring is 1. The molecule has 0 aliphatic carbocycles. The van der Waals surface area contributed by atoms with Crippen LogP contribution in [0.1, 0.15) is 43.5 Å². The molecule has 0 bridgehead atoms. The van der Waals surface area contributed by atoms with Crippen LogP contribution in [0, 0.1) is 6.92 Å². The molecule has 4 heteroatoms. The van der Waals surface area contributed by atoms with Crippen molar-refractivity contribution in [3.05, 3.63) is 41.1 Å². The van der Waals surface area contributed by atoms with E-state index in [1.165, 1.54) is 5.56 Å². The molecular formula is C16H22N4. The molecular weight excluding hydrogens is 248 g/mol. The summed E-state index contributed by atoms with van der Waals surface area (Å²) < 4.78 is 0. The third-order valence-corrected chi connectivity index (χ3v) is 3.49. The van der Waals surface area contributed by atoms with Crippen molar-refractivity contribution in [2.24, 2.45) is 5.84 Å². The molecule has 0 spiro atoms. The SMILES string of the molecule is CCc1ccccc1-c1nc(C)c(C(C)C)c(NN)n1. The molecule has 4 nitrogen and oxygen atoms in total. The Kier molecular flexibility index (Phi) is 4.35. The Balaban J connectivity index is 2.62. The average Bonchev–Trinajstić information content (AvgIpc) is 2.45. The number of hydrogen-bond acceptors (Lipinski definition) is 4. The number of hydrogen-bond donors (Lipinski definition) is 2. The standard InChI is InChI=1S/C16H22N4/c1-5-12-8-6-7-9-13(12)15-18-11(4)14(10(2)3)16(19-15)20-17/h6-10H,5,17H2,1-4H3,(H,18,19,20). The van der Waals surface area contributed by atoms with Gasteiger partial charge in [0.1, 0.15) is 5.82 Å². The molecule has 0 atom stereocenters. The van der Waals surface area contributed by atoms with Gasteiger partial charge in [-0.05, 0) is 24.8 Å². The number of nitrogens with zero attached hydrogens (tertiary/aromatic N) is 2. The highest BCUT2D eigenvalue weighted by Crippen LogP contribution is 2.29. The first-order valence-electron chi connectivity index (χ1n) is 7.01. The first-order valence-corrected chi connectivity index (χ1v) is 7.01. The van der Waals surface area contributed by atoms with Crippen LogP contribution in [0.15, 0.2) is 24.3 Å². The van der Waals surface area contributed by atoms with E-state index in [0.29, 0.717) is 11.7 Å². The van der Waals surface area contributed by atoms with Crippen LogP contribution in [0.4, 0.5) is 5.82 Å². The zero-order valence-corrected chi connectivity index (χ0v) is 12.6. The summed E-state index contributed by atoms with van der Waals surface area (Å²) in [5.74, 6) is 7.41. The lowest BCUT2D eigenvalue weighted by Gasteiger charge is -2.16. The zero-order valence-electron chi connectivity index (χ0n) is 12.6. The van der Waals surface area contributed by atoms with Crippen molar-refractivity contribution < 1.29 is 0 Å². The predicted molar refractivity (Wildman–Crippen MR) is 83.5 cm³/mol. The maximum absolute atomic E-state index is 5.63. The lowest BCUT2D eigenvalue weighted by molar-refractivity contribution is 0.831. The first-order chi connectivity index (χ1) is 9.58. The van der Waals surface area contributed by atoms with E-state index in [-0.39, 0.29) is 0 Å². The molecule has 1 aromatic heterocycles. The molecule has 0 radical (unpaired) electrons. The van der Waals surface area contributed by atoms with Gasteiger partial charge in [0.15, 0.2) is 5.82 Å². The minimum Gasteiger partial charge on any atom is -0.308 e. The molecule has 2 aromatic rings. The second-order valence-electron chi connectivity index (χ2n) is 5.20. The van der Waals surface area contributed by atoms with Gasteiger partial charge in [-0.1, -0.05) is 45.0 Å². The predicted octanol–water partition coefficient (Wildman–Crippen LogP) is 3.42. The van der Waals surface area contributed by atoms with Gasteiger partial charge in [0, 0.05) is 16.8 Å². The van der Waals surface area contributed by atoms with Gasteiger partial charge in [-0.25, -0.2) is 15.8 Å². The fraction of sp³-hybridized carbons (Fsp3) is 0.375. The van der Waals surface area contributed by atoms with Crippen molar-refractivity contribution in [2.45, 2.75) is 40.0 Å². The molecule has 20 heavy (non-hydrogen) atoms. The second kappa shape index (κ2) is 6.01. The van der Waals surface area contributed by atoms with Crippen molar-refractivity contribution in [2.75, 3.05) is 5.43 Å². The molecule has 1 heterocycles. The highest BCUT2D eigenvalue weighted by atomic mass is 15.3. The van der Waals surface area contributed by atoms with Crippen molar-refractivity contribution in [1.82, 2.24) is 9.97 Å². The van der Waals surface area contributed by atoms with Gasteiger partial charge in [0.25, 0.3) is 0 Å². The van der Waals surface area contributed by atoms with Gasteiger partial charge in [0.2, 0.25) is 0 Å². The number of nitrogens with two attached hydrogens (primary N) is 1. The third-order valence-electron chi connectivity index (χ3n) is 3.49. The fourth-order valence-corrected chi connectivity index (χ4v) is 2.55. The van der Waals surface area contributed by atoms with Gasteiger partial charge in [-0.3, -0.25) is 0 Å². The molecule has 0 fully saturated rings. The molecule has 0 aliphatic heterocycles. The summed E-state index contributed by atoms with van der Waals surface area (Å²) in [6.45, 7) is 8.38. The summed E-state index contributed by atoms with van der Waals surface area (Å²) in [7, 11) is 0. The molecule has 0 amide bonds. The minimum absolute atomic E-state index is 0.330. The van der Waals surface area contributed by atoms with Crippen LogP contribution < -0.4 is 11.3 Å². The smallest absolute Gasteiger partial charge is 0.162 e. The Labute approximate surface area is 120 Å². The Morgan fingerprint density at radius 3 is 2.50 bits per heavy atom. The monoisotopic (exact) mass is 270 g/mol. The van der Waals surface area contributed by atoms with Crippen molar-refractivity contribution in [3.63, 3.8) is 0 Å². The van der Waals surface area contributed by atoms with Gasteiger partial charge in [-0.15, -0.1) is 0 Å². The van der Waals surface area contributed by atoms with Gasteiger partial charge >= 0.3 is 0 Å². The number of nitrogens with one attached hydrogen (secondary N) is 1. The van der Waals surface area contributed by atoms with E-state index >= 15 is 0 Å². The summed E-state index contributed by atoms with van der Waals surface area (Å²) in [4.78, 5) is 9.28. The van der Waals surface area contributed by atoms with Gasteiger partial charge in [0.05, 0.1) is 0 Å². The number of rotatable bonds is 4. The summed E-state index contributed by atoms with van der Waals surface area (Å²) in [5.41, 5.74) is 7.08. The number of anilines is 1. The van der Waals surface area contributed by atoms with Crippen molar-refractivity contribution in [3.8, 4) is 11.4 Å². The molecule has 106 valence electrons. The zero-order chi connectivity index (χ0) is 14.7. The van der Waals surface area contributed by atoms with Crippen LogP contribution in [-0.2, 0) is 6.42 Å². The summed E-state index contributed by atoms with van der Waals surface area (Å²) >= 11 is 0. The van der Waals surface area contributed by atoms with E-state index in [1.807, 2.05) is 19.1 Å². The Morgan fingerprint density at radius 1 is 1.20 bits per heavy atom. The third kappa shape index (κ3) is 2.65. The maximum atomic E-state index is 5.63. The molecule has 0 saturated carbocycles. The Morgan fingerprint density at radius 2 is 1.90 bits per heavy atom. The summed E-state index contributed by atoms with van der Waals surface area (Å²) in [5, 5.41) is 0. The van der Waals surface area contributed by atoms with E-state index < -0.39 is 0 Å². The van der Waals surface area contributed by atoms with E-state index in [9.17, 15) is 0 Å². The van der Waals surface area contributed by atoms with Crippen molar-refractivity contribution >= 4 is 5.82 Å². The molecule has 3 N–H and O–H groups in total. The van der Waals surface area contributed by atoms with Crippen LogP contribution in [0.25, 0.3) is 11.4 Å². The Bertz CT molecular complexity index is 605. The quantitative estimate of drug-likeness (QED) is 0.660. The van der Waals surface area contributed by atoms with Gasteiger partial charge in [-0.2, -0.15) is 0 Å². The highest BCUT2D eigenvalue weighted by Gasteiger charge is 2.16. The minimum atomic E-state index is 0.330. The molecule has 0 unspecified atom stereocenters. The summed E-state index contributed by atoms with van der Waals surface area (Å²) in [6, 6.07) is 8.22. The van der Waals surface area contributed by atoms with Crippen molar-refractivity contribution in [1.29, 1.82) is 0 Å². The topological polar surface area (TPSA) is 63.8 Å². The number of aromatic nitrogens is 2. The molecule has 2 rings (SSSR count). The fourth-order valence-electron chi connectivity index (χ4n) is 2.55. The largest absolute Gasteiger partial charge is 0.308 e. The molecule has 0 aliphatic rings. The average molecular weight is 270 g/mol. The van der Waals surface area contributed by atoms with Gasteiger partial charge < -0.3 is 5.43 Å². The molecule has 0 saturated heterocycles. The van der Waals surface area contributed by atoms with Crippen LogP contribution in [-0.4, -0.2) is 9.97 Å². The Hall–Kier alpha value is -1.94. The van der Waals surface area contributed by atoms with E-state index in [2.05, 4.69) is 48.3 Å².